The molecule has 0 aliphatic heterocycles. The van der Waals surface area contributed by atoms with Crippen LogP contribution in [0.15, 0.2) is 53.5 Å². The van der Waals surface area contributed by atoms with E-state index >= 15 is 0 Å². The third-order valence-electron chi connectivity index (χ3n) is 4.32. The highest BCUT2D eigenvalue weighted by molar-refractivity contribution is 5.94. The number of carbonyl (C=O) groups excluding carboxylic acids is 1. The molecule has 3 aromatic rings. The van der Waals surface area contributed by atoms with Gasteiger partial charge in [-0.05, 0) is 55.8 Å². The molecule has 1 amide bonds. The van der Waals surface area contributed by atoms with Gasteiger partial charge in [0.2, 0.25) is 5.88 Å². The summed E-state index contributed by atoms with van der Waals surface area (Å²) >= 11 is 0. The second kappa shape index (κ2) is 8.40. The van der Waals surface area contributed by atoms with E-state index in [-0.39, 0.29) is 23.9 Å². The lowest BCUT2D eigenvalue weighted by atomic mass is 10.1. The van der Waals surface area contributed by atoms with E-state index in [4.69, 9.17) is 4.74 Å². The van der Waals surface area contributed by atoms with E-state index in [1.165, 1.54) is 24.3 Å². The van der Waals surface area contributed by atoms with Gasteiger partial charge < -0.3 is 15.0 Å². The average molecular weight is 417 g/mol. The van der Waals surface area contributed by atoms with Crippen LogP contribution in [0.1, 0.15) is 32.7 Å². The number of aryl methyl sites for hydroxylation is 2. The smallest absolute Gasteiger partial charge is 0.417 e. The Balaban J connectivity index is 1.62. The van der Waals surface area contributed by atoms with E-state index in [1.54, 1.807) is 13.8 Å². The van der Waals surface area contributed by atoms with E-state index in [2.05, 4.69) is 15.3 Å². The molecule has 2 heterocycles. The molecule has 30 heavy (non-hydrogen) atoms. The molecule has 0 atom stereocenters. The molecule has 0 fully saturated rings. The van der Waals surface area contributed by atoms with Crippen LogP contribution in [0.3, 0.4) is 0 Å². The fourth-order valence-corrected chi connectivity index (χ4v) is 2.78. The number of pyridine rings is 2. The molecule has 2 aromatic heterocycles. The Kier molecular flexibility index (Phi) is 5.91. The number of hydrogen-bond donors (Lipinski definition) is 2. The molecule has 2 N–H and O–H groups in total. The molecule has 0 aliphatic rings. The van der Waals surface area contributed by atoms with E-state index in [9.17, 15) is 22.8 Å². The van der Waals surface area contributed by atoms with Crippen molar-refractivity contribution in [2.24, 2.45) is 0 Å². The van der Waals surface area contributed by atoms with Gasteiger partial charge in [0.05, 0.1) is 5.56 Å². The Bertz CT molecular complexity index is 1110. The lowest BCUT2D eigenvalue weighted by Gasteiger charge is -2.10. The maximum absolute atomic E-state index is 12.6. The maximum atomic E-state index is 12.6. The van der Waals surface area contributed by atoms with Crippen molar-refractivity contribution in [3.05, 3.63) is 87.0 Å². The first-order chi connectivity index (χ1) is 14.1. The number of nitrogens with one attached hydrogen (secondary N) is 2. The number of aromatic amines is 1. The lowest BCUT2D eigenvalue weighted by molar-refractivity contribution is -0.137. The Morgan fingerprint density at radius 3 is 2.40 bits per heavy atom. The molecule has 156 valence electrons. The number of benzene rings is 1. The Morgan fingerprint density at radius 2 is 1.83 bits per heavy atom. The molecule has 0 unspecified atom stereocenters. The van der Waals surface area contributed by atoms with Crippen LogP contribution >= 0.6 is 0 Å². The molecule has 0 bridgehead atoms. The predicted octanol–water partition coefficient (Wildman–Crippen LogP) is 4.13. The highest BCUT2D eigenvalue weighted by atomic mass is 19.4. The van der Waals surface area contributed by atoms with Crippen LogP contribution in [0.2, 0.25) is 0 Å². The number of rotatable bonds is 5. The zero-order valence-electron chi connectivity index (χ0n) is 16.1. The van der Waals surface area contributed by atoms with Crippen molar-refractivity contribution in [2.45, 2.75) is 26.6 Å². The van der Waals surface area contributed by atoms with Gasteiger partial charge in [-0.25, -0.2) is 4.98 Å². The minimum Gasteiger partial charge on any atom is -0.439 e. The summed E-state index contributed by atoms with van der Waals surface area (Å²) in [6.45, 7) is 3.65. The third kappa shape index (κ3) is 5.05. The fourth-order valence-electron chi connectivity index (χ4n) is 2.78. The third-order valence-corrected chi connectivity index (χ3v) is 4.32. The summed E-state index contributed by atoms with van der Waals surface area (Å²) in [6, 6.07) is 9.81. The summed E-state index contributed by atoms with van der Waals surface area (Å²) in [5, 5.41) is 2.69. The number of aromatic nitrogens is 2. The van der Waals surface area contributed by atoms with Crippen molar-refractivity contribution in [2.75, 3.05) is 0 Å². The Hall–Kier alpha value is -3.62. The number of alkyl halides is 3. The highest BCUT2D eigenvalue weighted by Crippen LogP contribution is 2.30. The average Bonchev–Trinajstić information content (AvgIpc) is 2.67. The quantitative estimate of drug-likeness (QED) is 0.654. The molecule has 0 radical (unpaired) electrons. The largest absolute Gasteiger partial charge is 0.439 e. The number of hydrogen-bond acceptors (Lipinski definition) is 4. The molecular weight excluding hydrogens is 399 g/mol. The topological polar surface area (TPSA) is 84.1 Å². The first kappa shape index (κ1) is 21.1. The van der Waals surface area contributed by atoms with Crippen molar-refractivity contribution >= 4 is 5.91 Å². The summed E-state index contributed by atoms with van der Waals surface area (Å²) in [6.07, 6.45) is -3.78. The van der Waals surface area contributed by atoms with Crippen molar-refractivity contribution in [3.63, 3.8) is 0 Å². The van der Waals surface area contributed by atoms with Gasteiger partial charge in [0.1, 0.15) is 5.75 Å². The van der Waals surface area contributed by atoms with Crippen molar-refractivity contribution in [3.8, 4) is 11.6 Å². The van der Waals surface area contributed by atoms with Crippen LogP contribution in [0.4, 0.5) is 13.2 Å². The van der Waals surface area contributed by atoms with Gasteiger partial charge in [0.25, 0.3) is 11.5 Å². The number of H-pyrrole nitrogens is 1. The van der Waals surface area contributed by atoms with Crippen molar-refractivity contribution in [1.82, 2.24) is 15.3 Å². The van der Waals surface area contributed by atoms with Crippen LogP contribution in [0.5, 0.6) is 11.6 Å². The van der Waals surface area contributed by atoms with Crippen molar-refractivity contribution in [1.29, 1.82) is 0 Å². The lowest BCUT2D eigenvalue weighted by Crippen LogP contribution is -2.27. The second-order valence-electron chi connectivity index (χ2n) is 6.64. The summed E-state index contributed by atoms with van der Waals surface area (Å²) in [5.74, 6) is -0.0764. The number of amides is 1. The summed E-state index contributed by atoms with van der Waals surface area (Å²) in [5.41, 5.74) is 1.21. The molecule has 6 nitrogen and oxygen atoms in total. The van der Waals surface area contributed by atoms with Gasteiger partial charge in [0, 0.05) is 35.6 Å². The van der Waals surface area contributed by atoms with Crippen LogP contribution in [0, 0.1) is 13.8 Å². The molecule has 0 aliphatic carbocycles. The van der Waals surface area contributed by atoms with E-state index in [0.717, 1.165) is 23.4 Å². The molecule has 0 saturated heterocycles. The fraction of sp³-hybridized carbons (Fsp3) is 0.190. The van der Waals surface area contributed by atoms with Gasteiger partial charge in [0.15, 0.2) is 0 Å². The SMILES string of the molecule is Cc1cc(C)c(CNC(=O)c2ccc(Oc3ccc(C(F)(F)F)cn3)cc2)c(=O)[nH]1. The zero-order chi connectivity index (χ0) is 21.9. The van der Waals surface area contributed by atoms with Crippen molar-refractivity contribution < 1.29 is 22.7 Å². The standard InChI is InChI=1S/C21H18F3N3O3/c1-12-9-13(2)27-20(29)17(12)11-26-19(28)14-3-6-16(7-4-14)30-18-8-5-15(10-25-18)21(22,23)24/h3-10H,11H2,1-2H3,(H,26,28)(H,27,29). The summed E-state index contributed by atoms with van der Waals surface area (Å²) < 4.78 is 43.1. The zero-order valence-corrected chi connectivity index (χ0v) is 16.1. The van der Waals surface area contributed by atoms with Gasteiger partial charge in [-0.1, -0.05) is 0 Å². The first-order valence-corrected chi connectivity index (χ1v) is 8.92. The van der Waals surface area contributed by atoms with Gasteiger partial charge >= 0.3 is 6.18 Å². The molecule has 1 aromatic carbocycles. The molecular formula is C21H18F3N3O3. The minimum absolute atomic E-state index is 0.00530. The Labute approximate surface area is 169 Å². The molecule has 0 spiro atoms. The maximum Gasteiger partial charge on any atom is 0.417 e. The normalized spacial score (nSPS) is 11.2. The number of ether oxygens (including phenoxy) is 1. The minimum atomic E-state index is -4.47. The van der Waals surface area contributed by atoms with Gasteiger partial charge in [-0.3, -0.25) is 9.59 Å². The molecule has 0 saturated carbocycles. The van der Waals surface area contributed by atoms with Crippen LogP contribution < -0.4 is 15.6 Å². The van der Waals surface area contributed by atoms with E-state index in [0.29, 0.717) is 23.1 Å². The first-order valence-electron chi connectivity index (χ1n) is 8.92. The molecule has 3 rings (SSSR count). The summed E-state index contributed by atoms with van der Waals surface area (Å²) in [4.78, 5) is 30.7. The van der Waals surface area contributed by atoms with Crippen LogP contribution in [-0.2, 0) is 12.7 Å². The summed E-state index contributed by atoms with van der Waals surface area (Å²) in [7, 11) is 0. The second-order valence-corrected chi connectivity index (χ2v) is 6.64. The predicted molar refractivity (Wildman–Crippen MR) is 103 cm³/mol. The highest BCUT2D eigenvalue weighted by Gasteiger charge is 2.30. The number of halogens is 3. The monoisotopic (exact) mass is 417 g/mol. The van der Waals surface area contributed by atoms with Crippen LogP contribution in [-0.4, -0.2) is 15.9 Å². The number of carbonyl (C=O) groups is 1. The van der Waals surface area contributed by atoms with Crippen LogP contribution in [0.25, 0.3) is 0 Å². The Morgan fingerprint density at radius 1 is 1.13 bits per heavy atom. The number of nitrogens with zero attached hydrogens (tertiary/aromatic N) is 1. The van der Waals surface area contributed by atoms with Gasteiger partial charge in [-0.15, -0.1) is 0 Å². The van der Waals surface area contributed by atoms with E-state index in [1.807, 2.05) is 6.07 Å². The van der Waals surface area contributed by atoms with Gasteiger partial charge in [-0.2, -0.15) is 13.2 Å². The van der Waals surface area contributed by atoms with E-state index < -0.39 is 11.7 Å². The molecule has 9 heteroatoms.